The largest absolute Gasteiger partial charge is 0.337 e. The minimum Gasteiger partial charge on any atom is -0.337 e. The van der Waals surface area contributed by atoms with E-state index in [9.17, 15) is 14.4 Å². The zero-order chi connectivity index (χ0) is 26.3. The van der Waals surface area contributed by atoms with E-state index in [1.165, 1.54) is 22.5 Å². The lowest BCUT2D eigenvalue weighted by Gasteiger charge is -2.15. The van der Waals surface area contributed by atoms with Crippen molar-refractivity contribution < 1.29 is 9.32 Å². The molecule has 37 heavy (non-hydrogen) atoms. The van der Waals surface area contributed by atoms with Gasteiger partial charge in [0.25, 0.3) is 5.56 Å². The molecule has 1 atom stereocenters. The molecule has 0 saturated heterocycles. The molecular formula is C23H22N10O4. The van der Waals surface area contributed by atoms with Gasteiger partial charge < -0.3 is 14.4 Å². The Morgan fingerprint density at radius 2 is 1.84 bits per heavy atom. The van der Waals surface area contributed by atoms with Gasteiger partial charge in [0.05, 0.1) is 12.0 Å². The minimum absolute atomic E-state index is 0.0829. The van der Waals surface area contributed by atoms with Gasteiger partial charge in [-0.3, -0.25) is 14.2 Å². The van der Waals surface area contributed by atoms with Gasteiger partial charge in [0.15, 0.2) is 17.0 Å². The fourth-order valence-electron chi connectivity index (χ4n) is 3.81. The van der Waals surface area contributed by atoms with Gasteiger partial charge in [-0.2, -0.15) is 4.98 Å². The highest BCUT2D eigenvalue weighted by atomic mass is 16.5. The van der Waals surface area contributed by atoms with Crippen LogP contribution in [0.4, 0.5) is 5.82 Å². The van der Waals surface area contributed by atoms with Crippen LogP contribution in [0.15, 0.2) is 51.0 Å². The second kappa shape index (κ2) is 9.22. The average Bonchev–Trinajstić information content (AvgIpc) is 3.52. The van der Waals surface area contributed by atoms with Crippen molar-refractivity contribution in [3.05, 3.63) is 75.3 Å². The first-order valence-electron chi connectivity index (χ1n) is 11.3. The average molecular weight is 502 g/mol. The number of carbonyl (C=O) groups excluding carboxylic acids is 1. The van der Waals surface area contributed by atoms with E-state index >= 15 is 0 Å². The SMILES string of the molecule is Cc1ncc(-c2cccc(NC(=O)[C@H](C)n3cnc4c3c(=O)n(Cc3nc(C)no3)c(=O)n4C)n2)cn1. The van der Waals surface area contributed by atoms with Crippen LogP contribution in [0.2, 0.25) is 0 Å². The maximum atomic E-state index is 13.3. The summed E-state index contributed by atoms with van der Waals surface area (Å²) in [6.07, 6.45) is 4.66. The van der Waals surface area contributed by atoms with Crippen LogP contribution >= 0.6 is 0 Å². The van der Waals surface area contributed by atoms with Gasteiger partial charge >= 0.3 is 5.69 Å². The molecule has 0 aliphatic rings. The Morgan fingerprint density at radius 1 is 1.08 bits per heavy atom. The topological polar surface area (TPSA) is 169 Å². The first-order chi connectivity index (χ1) is 17.7. The van der Waals surface area contributed by atoms with Crippen molar-refractivity contribution in [2.24, 2.45) is 7.05 Å². The zero-order valence-electron chi connectivity index (χ0n) is 20.4. The molecule has 188 valence electrons. The fraction of sp³-hybridized carbons (Fsp3) is 0.261. The molecule has 0 spiro atoms. The maximum Gasteiger partial charge on any atom is 0.332 e. The third-order valence-corrected chi connectivity index (χ3v) is 5.79. The van der Waals surface area contributed by atoms with Crippen molar-refractivity contribution in [1.29, 1.82) is 0 Å². The molecule has 14 nitrogen and oxygen atoms in total. The van der Waals surface area contributed by atoms with Crippen molar-refractivity contribution in [2.45, 2.75) is 33.4 Å². The van der Waals surface area contributed by atoms with E-state index in [4.69, 9.17) is 4.52 Å². The molecule has 0 unspecified atom stereocenters. The molecule has 0 radical (unpaired) electrons. The van der Waals surface area contributed by atoms with Crippen LogP contribution in [0.3, 0.4) is 0 Å². The molecule has 5 aromatic rings. The summed E-state index contributed by atoms with van der Waals surface area (Å²) in [5.74, 6) is 1.01. The lowest BCUT2D eigenvalue weighted by atomic mass is 10.2. The number of hydrogen-bond acceptors (Lipinski definition) is 10. The summed E-state index contributed by atoms with van der Waals surface area (Å²) in [4.78, 5) is 60.4. The van der Waals surface area contributed by atoms with Gasteiger partial charge in [-0.25, -0.2) is 29.3 Å². The summed E-state index contributed by atoms with van der Waals surface area (Å²) >= 11 is 0. The Kier molecular flexibility index (Phi) is 5.91. The van der Waals surface area contributed by atoms with Crippen molar-refractivity contribution in [3.63, 3.8) is 0 Å². The molecule has 1 N–H and O–H groups in total. The van der Waals surface area contributed by atoms with Crippen LogP contribution in [-0.2, 0) is 18.4 Å². The van der Waals surface area contributed by atoms with E-state index in [2.05, 4.69) is 35.4 Å². The first-order valence-corrected chi connectivity index (χ1v) is 11.3. The normalized spacial score (nSPS) is 12.1. The predicted octanol–water partition coefficient (Wildman–Crippen LogP) is 0.997. The highest BCUT2D eigenvalue weighted by Crippen LogP contribution is 2.19. The number of pyridine rings is 1. The molecule has 0 aliphatic carbocycles. The number of rotatable bonds is 6. The molecular weight excluding hydrogens is 480 g/mol. The van der Waals surface area contributed by atoms with E-state index in [1.807, 2.05) is 0 Å². The standard InChI is InChI=1S/C23H22N10O4/c1-12(21(34)29-17-7-5-6-16(28-17)15-8-24-13(2)25-9-15)33-11-26-20-19(33)22(35)32(23(36)31(20)4)10-18-27-14(3)30-37-18/h5-9,11-12H,10H2,1-4H3,(H,28,29,34)/t12-/m0/s1. The second-order valence-corrected chi connectivity index (χ2v) is 8.38. The van der Waals surface area contributed by atoms with Gasteiger partial charge in [0, 0.05) is 25.0 Å². The van der Waals surface area contributed by atoms with Crippen LogP contribution in [0.25, 0.3) is 22.4 Å². The first kappa shape index (κ1) is 23.7. The minimum atomic E-state index is -0.859. The Balaban J connectivity index is 1.46. The smallest absolute Gasteiger partial charge is 0.332 e. The van der Waals surface area contributed by atoms with Crippen molar-refractivity contribution in [2.75, 3.05) is 5.32 Å². The van der Waals surface area contributed by atoms with E-state index in [0.717, 1.165) is 4.57 Å². The van der Waals surface area contributed by atoms with Crippen molar-refractivity contribution >= 4 is 22.9 Å². The Bertz CT molecular complexity index is 1750. The van der Waals surface area contributed by atoms with Crippen LogP contribution in [-0.4, -0.2) is 49.7 Å². The van der Waals surface area contributed by atoms with Crippen LogP contribution in [0, 0.1) is 13.8 Å². The molecule has 0 aromatic carbocycles. The number of fused-ring (bicyclic) bond motifs is 1. The zero-order valence-corrected chi connectivity index (χ0v) is 20.4. The molecule has 5 heterocycles. The monoisotopic (exact) mass is 502 g/mol. The highest BCUT2D eigenvalue weighted by molar-refractivity contribution is 5.93. The third kappa shape index (κ3) is 4.39. The second-order valence-electron chi connectivity index (χ2n) is 8.38. The lowest BCUT2D eigenvalue weighted by molar-refractivity contribution is -0.118. The number of anilines is 1. The van der Waals surface area contributed by atoms with E-state index < -0.39 is 23.2 Å². The predicted molar refractivity (Wildman–Crippen MR) is 131 cm³/mol. The number of carbonyl (C=O) groups is 1. The Labute approximate surface area is 208 Å². The summed E-state index contributed by atoms with van der Waals surface area (Å²) in [7, 11) is 1.49. The number of amides is 1. The van der Waals surface area contributed by atoms with E-state index in [1.54, 1.807) is 51.4 Å². The number of aryl methyl sites for hydroxylation is 3. The number of imidazole rings is 1. The lowest BCUT2D eigenvalue weighted by Crippen LogP contribution is -2.40. The van der Waals surface area contributed by atoms with Gasteiger partial charge in [-0.1, -0.05) is 11.2 Å². The summed E-state index contributed by atoms with van der Waals surface area (Å²) < 4.78 is 8.68. The number of hydrogen-bond donors (Lipinski definition) is 1. The van der Waals surface area contributed by atoms with Gasteiger partial charge in [0.1, 0.15) is 24.2 Å². The number of nitrogens with zero attached hydrogens (tertiary/aromatic N) is 9. The molecule has 0 aliphatic heterocycles. The molecule has 0 bridgehead atoms. The number of aromatic nitrogens is 9. The van der Waals surface area contributed by atoms with Gasteiger partial charge in [0.2, 0.25) is 11.8 Å². The molecule has 1 amide bonds. The molecule has 5 rings (SSSR count). The van der Waals surface area contributed by atoms with Crippen LogP contribution in [0.1, 0.15) is 30.5 Å². The van der Waals surface area contributed by atoms with Crippen LogP contribution in [0.5, 0.6) is 0 Å². The number of nitrogens with one attached hydrogen (secondary N) is 1. The molecule has 0 fully saturated rings. The van der Waals surface area contributed by atoms with E-state index in [-0.39, 0.29) is 23.6 Å². The Morgan fingerprint density at radius 3 is 2.54 bits per heavy atom. The van der Waals surface area contributed by atoms with Crippen LogP contribution < -0.4 is 16.6 Å². The summed E-state index contributed by atoms with van der Waals surface area (Å²) in [6.45, 7) is 4.82. The summed E-state index contributed by atoms with van der Waals surface area (Å²) in [6, 6.07) is 4.33. The molecule has 0 saturated carbocycles. The molecule has 5 aromatic heterocycles. The van der Waals surface area contributed by atoms with Crippen molar-refractivity contribution in [1.82, 2.24) is 43.8 Å². The molecule has 14 heteroatoms. The van der Waals surface area contributed by atoms with Gasteiger partial charge in [-0.15, -0.1) is 0 Å². The Hall–Kier alpha value is -5.01. The summed E-state index contributed by atoms with van der Waals surface area (Å²) in [5.41, 5.74) is 0.287. The maximum absolute atomic E-state index is 13.3. The van der Waals surface area contributed by atoms with Gasteiger partial charge in [-0.05, 0) is 32.9 Å². The van der Waals surface area contributed by atoms with Crippen molar-refractivity contribution in [3.8, 4) is 11.3 Å². The van der Waals surface area contributed by atoms with E-state index in [0.29, 0.717) is 28.7 Å². The summed E-state index contributed by atoms with van der Waals surface area (Å²) in [5, 5.41) is 6.46. The fourth-order valence-corrected chi connectivity index (χ4v) is 3.81. The third-order valence-electron chi connectivity index (χ3n) is 5.79. The quantitative estimate of drug-likeness (QED) is 0.353. The highest BCUT2D eigenvalue weighted by Gasteiger charge is 2.24.